The van der Waals surface area contributed by atoms with E-state index in [0.717, 1.165) is 11.4 Å². The topological polar surface area (TPSA) is 25.8 Å². The molecular weight excluding hydrogens is 424 g/mol. The zero-order valence-corrected chi connectivity index (χ0v) is 21.6. The molecule has 0 spiro atoms. The number of fused-ring (bicyclic) bond motifs is 1. The Kier molecular flexibility index (Phi) is 6.15. The molecular formula is C33H34N2. The standard InChI is InChI=1S/C33H34N2/c1-20(2)28-18-24(33-34-16-11-17-35-33)19-29(21(3)4)31(28)32-27-15-10-9-14-26(27)23(6)30(32)25-13-8-7-12-22(25)5/h7-21,32H,1-6H3. The van der Waals surface area contributed by atoms with E-state index < -0.39 is 0 Å². The summed E-state index contributed by atoms with van der Waals surface area (Å²) in [4.78, 5) is 9.16. The molecule has 0 aliphatic heterocycles. The molecule has 0 saturated carbocycles. The van der Waals surface area contributed by atoms with E-state index in [1.807, 2.05) is 18.5 Å². The lowest BCUT2D eigenvalue weighted by Crippen LogP contribution is -2.12. The highest BCUT2D eigenvalue weighted by molar-refractivity contribution is 6.01. The van der Waals surface area contributed by atoms with Crippen molar-refractivity contribution in [3.63, 3.8) is 0 Å². The molecule has 3 aromatic carbocycles. The molecule has 0 N–H and O–H groups in total. The third kappa shape index (κ3) is 4.01. The fourth-order valence-corrected chi connectivity index (χ4v) is 5.70. The van der Waals surface area contributed by atoms with Gasteiger partial charge in [0, 0.05) is 23.9 Å². The molecule has 1 aromatic heterocycles. The van der Waals surface area contributed by atoms with Gasteiger partial charge in [-0.1, -0.05) is 76.2 Å². The Hall–Kier alpha value is -3.52. The highest BCUT2D eigenvalue weighted by atomic mass is 14.8. The van der Waals surface area contributed by atoms with Gasteiger partial charge in [0.2, 0.25) is 0 Å². The zero-order valence-electron chi connectivity index (χ0n) is 21.6. The fourth-order valence-electron chi connectivity index (χ4n) is 5.70. The first-order valence-electron chi connectivity index (χ1n) is 12.7. The highest BCUT2D eigenvalue weighted by Crippen LogP contribution is 2.53. The predicted octanol–water partition coefficient (Wildman–Crippen LogP) is 8.78. The maximum absolute atomic E-state index is 4.58. The van der Waals surface area contributed by atoms with Crippen LogP contribution in [0.15, 0.2) is 79.1 Å². The van der Waals surface area contributed by atoms with Crippen LogP contribution < -0.4 is 0 Å². The molecule has 2 nitrogen and oxygen atoms in total. The number of aryl methyl sites for hydroxylation is 1. The Morgan fingerprint density at radius 1 is 0.686 bits per heavy atom. The minimum Gasteiger partial charge on any atom is -0.237 e. The van der Waals surface area contributed by atoms with Crippen molar-refractivity contribution < 1.29 is 0 Å². The summed E-state index contributed by atoms with van der Waals surface area (Å²) in [5, 5.41) is 0. The van der Waals surface area contributed by atoms with Crippen LogP contribution in [0.2, 0.25) is 0 Å². The zero-order chi connectivity index (χ0) is 24.7. The molecule has 176 valence electrons. The van der Waals surface area contributed by atoms with Gasteiger partial charge in [-0.25, -0.2) is 9.97 Å². The first kappa shape index (κ1) is 23.2. The lowest BCUT2D eigenvalue weighted by Gasteiger charge is -2.29. The molecule has 1 atom stereocenters. The van der Waals surface area contributed by atoms with Crippen molar-refractivity contribution in [3.05, 3.63) is 118 Å². The number of benzene rings is 3. The Bertz CT molecular complexity index is 1380. The van der Waals surface area contributed by atoms with E-state index >= 15 is 0 Å². The van der Waals surface area contributed by atoms with Crippen LogP contribution in [0.25, 0.3) is 22.5 Å². The number of hydrogen-bond donors (Lipinski definition) is 0. The second kappa shape index (κ2) is 9.26. The molecule has 1 aliphatic rings. The summed E-state index contributed by atoms with van der Waals surface area (Å²) in [5.41, 5.74) is 13.6. The lowest BCUT2D eigenvalue weighted by molar-refractivity contribution is 0.793. The molecule has 4 aromatic rings. The van der Waals surface area contributed by atoms with E-state index in [9.17, 15) is 0 Å². The van der Waals surface area contributed by atoms with E-state index in [-0.39, 0.29) is 5.92 Å². The minimum atomic E-state index is 0.202. The van der Waals surface area contributed by atoms with Gasteiger partial charge in [0.25, 0.3) is 0 Å². The van der Waals surface area contributed by atoms with Crippen molar-refractivity contribution >= 4 is 11.1 Å². The Balaban J connectivity index is 1.84. The number of aromatic nitrogens is 2. The predicted molar refractivity (Wildman–Crippen MR) is 148 cm³/mol. The van der Waals surface area contributed by atoms with Gasteiger partial charge in [-0.2, -0.15) is 0 Å². The molecule has 2 heteroatoms. The summed E-state index contributed by atoms with van der Waals surface area (Å²) >= 11 is 0. The maximum atomic E-state index is 4.58. The van der Waals surface area contributed by atoms with Crippen molar-refractivity contribution in [1.29, 1.82) is 0 Å². The van der Waals surface area contributed by atoms with E-state index in [1.165, 1.54) is 50.1 Å². The smallest absolute Gasteiger partial charge is 0.159 e. The van der Waals surface area contributed by atoms with Gasteiger partial charge in [0.1, 0.15) is 0 Å². The van der Waals surface area contributed by atoms with Crippen LogP contribution in [-0.2, 0) is 0 Å². The maximum Gasteiger partial charge on any atom is 0.159 e. The average molecular weight is 459 g/mol. The largest absolute Gasteiger partial charge is 0.237 e. The minimum absolute atomic E-state index is 0.202. The Labute approximate surface area is 209 Å². The van der Waals surface area contributed by atoms with Gasteiger partial charge in [0.05, 0.1) is 0 Å². The van der Waals surface area contributed by atoms with Crippen molar-refractivity contribution in [1.82, 2.24) is 9.97 Å². The summed E-state index contributed by atoms with van der Waals surface area (Å²) < 4.78 is 0. The van der Waals surface area contributed by atoms with Gasteiger partial charge in [0.15, 0.2) is 5.82 Å². The Morgan fingerprint density at radius 2 is 1.26 bits per heavy atom. The summed E-state index contributed by atoms with van der Waals surface area (Å²) in [7, 11) is 0. The third-order valence-corrected chi connectivity index (χ3v) is 7.40. The molecule has 5 rings (SSSR count). The molecule has 35 heavy (non-hydrogen) atoms. The van der Waals surface area contributed by atoms with Crippen LogP contribution in [0.3, 0.4) is 0 Å². The van der Waals surface area contributed by atoms with Crippen LogP contribution in [-0.4, -0.2) is 9.97 Å². The monoisotopic (exact) mass is 458 g/mol. The van der Waals surface area contributed by atoms with Crippen molar-refractivity contribution in [2.45, 2.75) is 59.3 Å². The van der Waals surface area contributed by atoms with E-state index in [4.69, 9.17) is 0 Å². The molecule has 1 heterocycles. The number of allylic oxidation sites excluding steroid dienone is 2. The molecule has 0 fully saturated rings. The molecule has 0 amide bonds. The summed E-state index contributed by atoms with van der Waals surface area (Å²) in [5.74, 6) is 1.74. The van der Waals surface area contributed by atoms with Crippen LogP contribution >= 0.6 is 0 Å². The van der Waals surface area contributed by atoms with Gasteiger partial charge >= 0.3 is 0 Å². The van der Waals surface area contributed by atoms with Crippen LogP contribution in [0.4, 0.5) is 0 Å². The van der Waals surface area contributed by atoms with Crippen molar-refractivity contribution in [2.24, 2.45) is 0 Å². The van der Waals surface area contributed by atoms with Gasteiger partial charge in [-0.3, -0.25) is 0 Å². The van der Waals surface area contributed by atoms with Crippen molar-refractivity contribution in [2.75, 3.05) is 0 Å². The van der Waals surface area contributed by atoms with E-state index in [1.54, 1.807) is 0 Å². The quantitative estimate of drug-likeness (QED) is 0.299. The first-order valence-corrected chi connectivity index (χ1v) is 12.7. The second-order valence-corrected chi connectivity index (χ2v) is 10.3. The number of nitrogens with zero attached hydrogens (tertiary/aromatic N) is 2. The van der Waals surface area contributed by atoms with Gasteiger partial charge in [-0.15, -0.1) is 0 Å². The normalized spacial score (nSPS) is 15.3. The summed E-state index contributed by atoms with van der Waals surface area (Å²) in [6.45, 7) is 13.8. The average Bonchev–Trinajstić information content (AvgIpc) is 3.16. The van der Waals surface area contributed by atoms with Crippen molar-refractivity contribution in [3.8, 4) is 11.4 Å². The number of rotatable bonds is 5. The highest BCUT2D eigenvalue weighted by Gasteiger charge is 2.35. The molecule has 1 unspecified atom stereocenters. The lowest BCUT2D eigenvalue weighted by atomic mass is 9.75. The second-order valence-electron chi connectivity index (χ2n) is 10.3. The van der Waals surface area contributed by atoms with Crippen LogP contribution in [0, 0.1) is 6.92 Å². The summed E-state index contributed by atoms with van der Waals surface area (Å²) in [6.07, 6.45) is 3.66. The Morgan fingerprint density at radius 3 is 1.86 bits per heavy atom. The van der Waals surface area contributed by atoms with Gasteiger partial charge in [-0.05, 0) is 94.0 Å². The van der Waals surface area contributed by atoms with E-state index in [2.05, 4.69) is 112 Å². The SMILES string of the molecule is CC1=C(c2ccccc2C)C(c2c(C(C)C)cc(-c3ncccn3)cc2C(C)C)c2ccccc21. The number of hydrogen-bond acceptors (Lipinski definition) is 2. The van der Waals surface area contributed by atoms with Gasteiger partial charge < -0.3 is 0 Å². The molecule has 0 bridgehead atoms. The molecule has 1 aliphatic carbocycles. The van der Waals surface area contributed by atoms with Crippen LogP contribution in [0.5, 0.6) is 0 Å². The fraction of sp³-hybridized carbons (Fsp3) is 0.273. The summed E-state index contributed by atoms with van der Waals surface area (Å²) in [6, 6.07) is 24.4. The van der Waals surface area contributed by atoms with E-state index in [0.29, 0.717) is 11.8 Å². The third-order valence-electron chi connectivity index (χ3n) is 7.40. The molecule has 0 saturated heterocycles. The molecule has 0 radical (unpaired) electrons. The first-order chi connectivity index (χ1) is 16.9. The van der Waals surface area contributed by atoms with Crippen LogP contribution in [0.1, 0.15) is 91.3 Å².